The summed E-state index contributed by atoms with van der Waals surface area (Å²) in [5, 5.41) is 7.43. The average Bonchev–Trinajstić information content (AvgIpc) is 2.99. The number of carbonyl (C=O) groups is 1. The summed E-state index contributed by atoms with van der Waals surface area (Å²) in [6.07, 6.45) is -1.40. The van der Waals surface area contributed by atoms with Crippen molar-refractivity contribution in [3.8, 4) is 0 Å². The second kappa shape index (κ2) is 6.59. The van der Waals surface area contributed by atoms with E-state index in [4.69, 9.17) is 0 Å². The summed E-state index contributed by atoms with van der Waals surface area (Å²) >= 11 is 0. The fourth-order valence-corrected chi connectivity index (χ4v) is 1.94. The SMILES string of the molecule is Cc1ccc(C(=NNC=O)C(C)n2ccc(C(F)(F)F)n2)cn1. The maximum Gasteiger partial charge on any atom is 0.435 e. The van der Waals surface area contributed by atoms with Gasteiger partial charge >= 0.3 is 6.18 Å². The highest BCUT2D eigenvalue weighted by Crippen LogP contribution is 2.28. The van der Waals surface area contributed by atoms with Gasteiger partial charge in [-0.05, 0) is 32.0 Å². The summed E-state index contributed by atoms with van der Waals surface area (Å²) in [5.41, 5.74) is 2.86. The molecule has 9 heteroatoms. The number of alkyl halides is 3. The van der Waals surface area contributed by atoms with Gasteiger partial charge in [0, 0.05) is 23.7 Å². The van der Waals surface area contributed by atoms with Gasteiger partial charge in [-0.25, -0.2) is 5.43 Å². The van der Waals surface area contributed by atoms with Crippen molar-refractivity contribution in [2.75, 3.05) is 0 Å². The lowest BCUT2D eigenvalue weighted by molar-refractivity contribution is -0.141. The van der Waals surface area contributed by atoms with Crippen molar-refractivity contribution in [2.45, 2.75) is 26.1 Å². The van der Waals surface area contributed by atoms with Gasteiger partial charge in [-0.1, -0.05) is 0 Å². The van der Waals surface area contributed by atoms with Gasteiger partial charge in [0.05, 0.1) is 11.8 Å². The lowest BCUT2D eigenvalue weighted by Crippen LogP contribution is -2.22. The molecule has 0 fully saturated rings. The second-order valence-corrected chi connectivity index (χ2v) is 4.79. The van der Waals surface area contributed by atoms with E-state index in [1.54, 1.807) is 26.0 Å². The Morgan fingerprint density at radius 3 is 2.65 bits per heavy atom. The second-order valence-electron chi connectivity index (χ2n) is 4.79. The van der Waals surface area contributed by atoms with E-state index in [0.717, 1.165) is 16.4 Å². The summed E-state index contributed by atoms with van der Waals surface area (Å²) in [7, 11) is 0. The first-order valence-electron chi connectivity index (χ1n) is 6.65. The number of rotatable bonds is 5. The molecule has 0 aliphatic carbocycles. The van der Waals surface area contributed by atoms with Crippen LogP contribution in [-0.4, -0.2) is 26.9 Å². The van der Waals surface area contributed by atoms with E-state index in [2.05, 4.69) is 20.6 Å². The molecule has 122 valence electrons. The number of hydrazone groups is 1. The molecule has 0 aromatic carbocycles. The highest BCUT2D eigenvalue weighted by atomic mass is 19.4. The van der Waals surface area contributed by atoms with Crippen LogP contribution in [0.1, 0.15) is 29.9 Å². The van der Waals surface area contributed by atoms with Crippen molar-refractivity contribution in [3.63, 3.8) is 0 Å². The van der Waals surface area contributed by atoms with Crippen LogP contribution < -0.4 is 5.43 Å². The molecule has 2 rings (SSSR count). The van der Waals surface area contributed by atoms with E-state index in [1.807, 2.05) is 0 Å². The molecular formula is C14H14F3N5O. The van der Waals surface area contributed by atoms with E-state index in [0.29, 0.717) is 17.7 Å². The van der Waals surface area contributed by atoms with Crippen LogP contribution in [0.4, 0.5) is 13.2 Å². The summed E-state index contributed by atoms with van der Waals surface area (Å²) < 4.78 is 39.1. The zero-order chi connectivity index (χ0) is 17.0. The van der Waals surface area contributed by atoms with E-state index >= 15 is 0 Å². The number of hydrogen-bond donors (Lipinski definition) is 1. The largest absolute Gasteiger partial charge is 0.435 e. The van der Waals surface area contributed by atoms with Crippen LogP contribution in [0, 0.1) is 6.92 Å². The van der Waals surface area contributed by atoms with Gasteiger partial charge in [0.15, 0.2) is 5.69 Å². The molecule has 0 saturated heterocycles. The van der Waals surface area contributed by atoms with Gasteiger partial charge in [-0.15, -0.1) is 0 Å². The van der Waals surface area contributed by atoms with Crippen LogP contribution >= 0.6 is 0 Å². The minimum absolute atomic E-state index is 0.335. The predicted molar refractivity (Wildman–Crippen MR) is 76.7 cm³/mol. The lowest BCUT2D eigenvalue weighted by Gasteiger charge is -2.15. The van der Waals surface area contributed by atoms with Crippen LogP contribution in [0.2, 0.25) is 0 Å². The molecule has 0 aliphatic heterocycles. The van der Waals surface area contributed by atoms with Crippen LogP contribution in [-0.2, 0) is 11.0 Å². The molecule has 0 radical (unpaired) electrons. The predicted octanol–water partition coefficient (Wildman–Crippen LogP) is 2.32. The lowest BCUT2D eigenvalue weighted by atomic mass is 10.1. The van der Waals surface area contributed by atoms with Crippen molar-refractivity contribution in [2.24, 2.45) is 5.10 Å². The molecule has 0 aliphatic rings. The highest BCUT2D eigenvalue weighted by Gasteiger charge is 2.34. The Bertz CT molecular complexity index is 706. The van der Waals surface area contributed by atoms with Gasteiger partial charge in [0.1, 0.15) is 0 Å². The minimum atomic E-state index is -4.52. The number of nitrogens with one attached hydrogen (secondary N) is 1. The number of nitrogens with zero attached hydrogens (tertiary/aromatic N) is 4. The third-order valence-corrected chi connectivity index (χ3v) is 3.14. The third-order valence-electron chi connectivity index (χ3n) is 3.14. The van der Waals surface area contributed by atoms with Crippen molar-refractivity contribution in [3.05, 3.63) is 47.5 Å². The monoisotopic (exact) mass is 325 g/mol. The molecular weight excluding hydrogens is 311 g/mol. The van der Waals surface area contributed by atoms with Crippen molar-refractivity contribution in [1.29, 1.82) is 0 Å². The van der Waals surface area contributed by atoms with E-state index in [1.165, 1.54) is 12.4 Å². The molecule has 1 atom stereocenters. The van der Waals surface area contributed by atoms with Crippen LogP contribution in [0.5, 0.6) is 0 Å². The molecule has 1 N–H and O–H groups in total. The highest BCUT2D eigenvalue weighted by molar-refractivity contribution is 6.03. The normalized spacial score (nSPS) is 13.7. The third kappa shape index (κ3) is 3.93. The van der Waals surface area contributed by atoms with Crippen molar-refractivity contribution < 1.29 is 18.0 Å². The van der Waals surface area contributed by atoms with Gasteiger partial charge in [-0.2, -0.15) is 23.4 Å². The minimum Gasteiger partial charge on any atom is -0.277 e. The van der Waals surface area contributed by atoms with Gasteiger partial charge < -0.3 is 0 Å². The Labute approximate surface area is 130 Å². The Kier molecular flexibility index (Phi) is 4.77. The first-order valence-corrected chi connectivity index (χ1v) is 6.65. The first kappa shape index (κ1) is 16.7. The van der Waals surface area contributed by atoms with E-state index in [-0.39, 0.29) is 0 Å². The van der Waals surface area contributed by atoms with Crippen molar-refractivity contribution >= 4 is 12.1 Å². The summed E-state index contributed by atoms with van der Waals surface area (Å²) in [4.78, 5) is 14.6. The van der Waals surface area contributed by atoms with Gasteiger partial charge in [0.2, 0.25) is 6.41 Å². The summed E-state index contributed by atoms with van der Waals surface area (Å²) in [5.74, 6) is 0. The zero-order valence-electron chi connectivity index (χ0n) is 12.4. The number of halogens is 3. The standard InChI is InChI=1S/C14H14F3N5O/c1-9-3-4-11(7-18-9)13(20-19-8-23)10(2)22-6-5-12(21-22)14(15,16)17/h3-8,10H,1-2H3,(H,19,23). The maximum atomic E-state index is 12.7. The molecule has 0 saturated carbocycles. The number of hydrogen-bond acceptors (Lipinski definition) is 4. The molecule has 0 bridgehead atoms. The quantitative estimate of drug-likeness (QED) is 0.521. The molecule has 6 nitrogen and oxygen atoms in total. The van der Waals surface area contributed by atoms with Gasteiger partial charge in [0.25, 0.3) is 0 Å². The number of pyridine rings is 1. The van der Waals surface area contributed by atoms with E-state index < -0.39 is 17.9 Å². The number of carbonyl (C=O) groups excluding carboxylic acids is 1. The molecule has 1 unspecified atom stereocenters. The Morgan fingerprint density at radius 1 is 1.39 bits per heavy atom. The van der Waals surface area contributed by atoms with E-state index in [9.17, 15) is 18.0 Å². The van der Waals surface area contributed by atoms with Crippen LogP contribution in [0.15, 0.2) is 35.7 Å². The van der Waals surface area contributed by atoms with Gasteiger partial charge in [-0.3, -0.25) is 14.5 Å². The van der Waals surface area contributed by atoms with Crippen molar-refractivity contribution in [1.82, 2.24) is 20.2 Å². The smallest absolute Gasteiger partial charge is 0.277 e. The molecule has 2 aromatic rings. The van der Waals surface area contributed by atoms with Crippen LogP contribution in [0.25, 0.3) is 0 Å². The number of aromatic nitrogens is 3. The maximum absolute atomic E-state index is 12.7. The van der Waals surface area contributed by atoms with Crippen LogP contribution in [0.3, 0.4) is 0 Å². The topological polar surface area (TPSA) is 72.2 Å². The molecule has 2 heterocycles. The Balaban J connectivity index is 2.37. The molecule has 0 spiro atoms. The molecule has 23 heavy (non-hydrogen) atoms. The molecule has 2 aromatic heterocycles. The Morgan fingerprint density at radius 2 is 2.13 bits per heavy atom. The summed E-state index contributed by atoms with van der Waals surface area (Å²) in [6, 6.07) is 3.71. The molecule has 1 amide bonds. The average molecular weight is 325 g/mol. The fraction of sp³-hybridized carbons (Fsp3) is 0.286. The number of aryl methyl sites for hydroxylation is 1. The first-order chi connectivity index (χ1) is 10.8. The fourth-order valence-electron chi connectivity index (χ4n) is 1.94. The summed E-state index contributed by atoms with van der Waals surface area (Å²) in [6.45, 7) is 3.43. The Hall–Kier alpha value is -2.71. The number of amides is 1. The zero-order valence-corrected chi connectivity index (χ0v) is 12.4.